The van der Waals surface area contributed by atoms with Crippen LogP contribution in [0.25, 0.3) is 0 Å². The summed E-state index contributed by atoms with van der Waals surface area (Å²) < 4.78 is 19.0. The van der Waals surface area contributed by atoms with Gasteiger partial charge in [0.25, 0.3) is 5.91 Å². The quantitative estimate of drug-likeness (QED) is 0.827. The molecular formula is C14H16FNO3. The molecule has 0 aliphatic carbocycles. The van der Waals surface area contributed by atoms with E-state index in [1.807, 2.05) is 0 Å². The Kier molecular flexibility index (Phi) is 3.14. The fraction of sp³-hybridized carbons (Fsp3) is 0.500. The van der Waals surface area contributed by atoms with Crippen molar-refractivity contribution in [3.8, 4) is 5.75 Å². The van der Waals surface area contributed by atoms with E-state index in [-0.39, 0.29) is 17.8 Å². The number of likely N-dealkylation sites (tertiary alicyclic amines) is 1. The number of hydrogen-bond acceptors (Lipinski definition) is 3. The maximum Gasteiger partial charge on any atom is 0.264 e. The number of halogens is 1. The number of piperidine rings is 1. The molecule has 1 unspecified atom stereocenters. The highest BCUT2D eigenvalue weighted by Gasteiger charge is 2.35. The lowest BCUT2D eigenvalue weighted by molar-refractivity contribution is -0.140. The molecule has 2 aliphatic heterocycles. The Labute approximate surface area is 110 Å². The summed E-state index contributed by atoms with van der Waals surface area (Å²) in [4.78, 5) is 14.0. The number of para-hydroxylation sites is 1. The van der Waals surface area contributed by atoms with Crippen LogP contribution in [0.4, 0.5) is 4.39 Å². The van der Waals surface area contributed by atoms with Gasteiger partial charge in [-0.05, 0) is 18.9 Å². The standard InChI is InChI=1S/C14H16FNO3/c15-11-3-1-2-9-8-12(19-13(9)11)14(18)16-6-4-10(17)5-7-16/h1-3,10,12,17H,4-8H2. The van der Waals surface area contributed by atoms with Crippen LogP contribution in [0.15, 0.2) is 18.2 Å². The highest BCUT2D eigenvalue weighted by Crippen LogP contribution is 2.32. The van der Waals surface area contributed by atoms with Crippen molar-refractivity contribution in [3.05, 3.63) is 29.6 Å². The number of aliphatic hydroxyl groups is 1. The molecule has 0 saturated carbocycles. The number of hydrogen-bond donors (Lipinski definition) is 1. The average molecular weight is 265 g/mol. The third-order valence-corrected chi connectivity index (χ3v) is 3.77. The normalized spacial score (nSPS) is 23.1. The van der Waals surface area contributed by atoms with Crippen molar-refractivity contribution >= 4 is 5.91 Å². The Hall–Kier alpha value is -1.62. The lowest BCUT2D eigenvalue weighted by Gasteiger charge is -2.31. The third kappa shape index (κ3) is 2.30. The van der Waals surface area contributed by atoms with E-state index in [2.05, 4.69) is 0 Å². The van der Waals surface area contributed by atoms with Gasteiger partial charge < -0.3 is 14.7 Å². The lowest BCUT2D eigenvalue weighted by Crippen LogP contribution is -2.46. The molecule has 0 bridgehead atoms. The Morgan fingerprint density at radius 1 is 1.37 bits per heavy atom. The maximum absolute atomic E-state index is 13.5. The summed E-state index contributed by atoms with van der Waals surface area (Å²) in [5, 5.41) is 9.43. The first-order chi connectivity index (χ1) is 9.15. The van der Waals surface area contributed by atoms with Gasteiger partial charge >= 0.3 is 0 Å². The van der Waals surface area contributed by atoms with Gasteiger partial charge in [0.05, 0.1) is 6.10 Å². The molecule has 1 N–H and O–H groups in total. The van der Waals surface area contributed by atoms with Crippen LogP contribution in [-0.4, -0.2) is 41.2 Å². The first-order valence-electron chi connectivity index (χ1n) is 6.56. The molecule has 1 fully saturated rings. The number of nitrogens with zero attached hydrogens (tertiary/aromatic N) is 1. The van der Waals surface area contributed by atoms with Crippen LogP contribution < -0.4 is 4.74 Å². The van der Waals surface area contributed by atoms with Crippen LogP contribution in [0, 0.1) is 5.82 Å². The molecule has 1 amide bonds. The number of ether oxygens (including phenoxy) is 1. The number of aliphatic hydroxyl groups excluding tert-OH is 1. The number of benzene rings is 1. The van der Waals surface area contributed by atoms with E-state index in [1.165, 1.54) is 6.07 Å². The zero-order valence-corrected chi connectivity index (χ0v) is 10.5. The SMILES string of the molecule is O=C(C1Cc2cccc(F)c2O1)N1CCC(O)CC1. The molecule has 3 rings (SSSR count). The molecule has 19 heavy (non-hydrogen) atoms. The van der Waals surface area contributed by atoms with Crippen molar-refractivity contribution < 1.29 is 19.0 Å². The second-order valence-electron chi connectivity index (χ2n) is 5.10. The van der Waals surface area contributed by atoms with E-state index in [4.69, 9.17) is 4.74 Å². The Morgan fingerprint density at radius 3 is 2.79 bits per heavy atom. The summed E-state index contributed by atoms with van der Waals surface area (Å²) in [5.74, 6) is -0.317. The Balaban J connectivity index is 1.69. The summed E-state index contributed by atoms with van der Waals surface area (Å²) in [6.45, 7) is 1.08. The predicted octanol–water partition coefficient (Wildman–Crippen LogP) is 1.11. The van der Waals surface area contributed by atoms with E-state index in [9.17, 15) is 14.3 Å². The molecule has 1 atom stereocenters. The second kappa shape index (κ2) is 4.81. The largest absolute Gasteiger partial charge is 0.477 e. The van der Waals surface area contributed by atoms with Gasteiger partial charge in [-0.15, -0.1) is 0 Å². The van der Waals surface area contributed by atoms with Crippen LogP contribution in [0.3, 0.4) is 0 Å². The van der Waals surface area contributed by atoms with Crippen molar-refractivity contribution in [3.63, 3.8) is 0 Å². The van der Waals surface area contributed by atoms with Crippen molar-refractivity contribution in [2.75, 3.05) is 13.1 Å². The van der Waals surface area contributed by atoms with Crippen molar-refractivity contribution in [1.29, 1.82) is 0 Å². The van der Waals surface area contributed by atoms with E-state index < -0.39 is 11.9 Å². The first-order valence-corrected chi connectivity index (χ1v) is 6.56. The molecule has 102 valence electrons. The van der Waals surface area contributed by atoms with Gasteiger partial charge in [0, 0.05) is 25.1 Å². The monoisotopic (exact) mass is 265 g/mol. The highest BCUT2D eigenvalue weighted by atomic mass is 19.1. The highest BCUT2D eigenvalue weighted by molar-refractivity contribution is 5.82. The van der Waals surface area contributed by atoms with Gasteiger partial charge in [0.2, 0.25) is 0 Å². The molecule has 2 heterocycles. The van der Waals surface area contributed by atoms with Gasteiger partial charge in [-0.3, -0.25) is 4.79 Å². The lowest BCUT2D eigenvalue weighted by atomic mass is 10.1. The van der Waals surface area contributed by atoms with Crippen molar-refractivity contribution in [2.45, 2.75) is 31.5 Å². The molecule has 0 spiro atoms. The molecule has 1 saturated heterocycles. The Morgan fingerprint density at radius 2 is 2.11 bits per heavy atom. The Bertz CT molecular complexity index is 497. The molecule has 5 heteroatoms. The smallest absolute Gasteiger partial charge is 0.264 e. The van der Waals surface area contributed by atoms with Gasteiger partial charge in [-0.1, -0.05) is 12.1 Å². The number of amides is 1. The van der Waals surface area contributed by atoms with Crippen molar-refractivity contribution in [2.24, 2.45) is 0 Å². The van der Waals surface area contributed by atoms with Crippen LogP contribution in [0.2, 0.25) is 0 Å². The predicted molar refractivity (Wildman–Crippen MR) is 66.3 cm³/mol. The van der Waals surface area contributed by atoms with E-state index in [1.54, 1.807) is 17.0 Å². The van der Waals surface area contributed by atoms with Crippen molar-refractivity contribution in [1.82, 2.24) is 4.90 Å². The topological polar surface area (TPSA) is 49.8 Å². The van der Waals surface area contributed by atoms with Crippen LogP contribution >= 0.6 is 0 Å². The molecule has 0 aromatic heterocycles. The summed E-state index contributed by atoms with van der Waals surface area (Å²) in [5.41, 5.74) is 0.746. The summed E-state index contributed by atoms with van der Waals surface area (Å²) >= 11 is 0. The molecule has 1 aromatic carbocycles. The first kappa shape index (κ1) is 12.4. The average Bonchev–Trinajstić information content (AvgIpc) is 2.84. The maximum atomic E-state index is 13.5. The zero-order valence-electron chi connectivity index (χ0n) is 10.5. The summed E-state index contributed by atoms with van der Waals surface area (Å²) in [6.07, 6.45) is 0.676. The minimum absolute atomic E-state index is 0.109. The van der Waals surface area contributed by atoms with Gasteiger partial charge in [0.1, 0.15) is 0 Å². The fourth-order valence-corrected chi connectivity index (χ4v) is 2.66. The molecule has 4 nitrogen and oxygen atoms in total. The number of rotatable bonds is 1. The van der Waals surface area contributed by atoms with Gasteiger partial charge in [-0.25, -0.2) is 4.39 Å². The van der Waals surface area contributed by atoms with E-state index >= 15 is 0 Å². The molecular weight excluding hydrogens is 249 g/mol. The number of carbonyl (C=O) groups excluding carboxylic acids is 1. The fourth-order valence-electron chi connectivity index (χ4n) is 2.66. The van der Waals surface area contributed by atoms with Crippen LogP contribution in [0.1, 0.15) is 18.4 Å². The molecule has 0 radical (unpaired) electrons. The number of carbonyl (C=O) groups is 1. The number of fused-ring (bicyclic) bond motifs is 1. The van der Waals surface area contributed by atoms with E-state index in [0.717, 1.165) is 5.56 Å². The summed E-state index contributed by atoms with van der Waals surface area (Å²) in [7, 11) is 0. The third-order valence-electron chi connectivity index (χ3n) is 3.77. The zero-order chi connectivity index (χ0) is 13.4. The summed E-state index contributed by atoms with van der Waals surface area (Å²) in [6, 6.07) is 4.75. The molecule has 2 aliphatic rings. The van der Waals surface area contributed by atoms with E-state index in [0.29, 0.717) is 32.4 Å². The van der Waals surface area contributed by atoms with Crippen LogP contribution in [-0.2, 0) is 11.2 Å². The van der Waals surface area contributed by atoms with Crippen LogP contribution in [0.5, 0.6) is 5.75 Å². The van der Waals surface area contributed by atoms with Gasteiger partial charge in [-0.2, -0.15) is 0 Å². The molecule has 1 aromatic rings. The minimum atomic E-state index is -0.623. The minimum Gasteiger partial charge on any atom is -0.477 e. The second-order valence-corrected chi connectivity index (χ2v) is 5.10. The van der Waals surface area contributed by atoms with Gasteiger partial charge in [0.15, 0.2) is 17.7 Å².